The van der Waals surface area contributed by atoms with Crippen LogP contribution in [-0.4, -0.2) is 28.3 Å². The minimum atomic E-state index is -0.551. The molecule has 4 aromatic rings. The van der Waals surface area contributed by atoms with Crippen molar-refractivity contribution in [2.24, 2.45) is 0 Å². The maximum atomic E-state index is 14.2. The first kappa shape index (κ1) is 17.5. The van der Waals surface area contributed by atoms with Gasteiger partial charge in [-0.2, -0.15) is 4.98 Å². The summed E-state index contributed by atoms with van der Waals surface area (Å²) in [6.07, 6.45) is 3.93. The molecular weight excluding hydrogens is 361 g/mol. The number of hydrogen-bond acceptors (Lipinski definition) is 6. The molecule has 0 fully saturated rings. The lowest BCUT2D eigenvalue weighted by Crippen LogP contribution is -1.99. The molecule has 0 unspecified atom stereocenters. The van der Waals surface area contributed by atoms with Crippen LogP contribution in [0.2, 0.25) is 0 Å². The predicted molar refractivity (Wildman–Crippen MR) is 101 cm³/mol. The molecule has 0 N–H and O–H groups in total. The average Bonchev–Trinajstić information content (AvgIpc) is 2.74. The van der Waals surface area contributed by atoms with Gasteiger partial charge in [0.15, 0.2) is 23.7 Å². The van der Waals surface area contributed by atoms with Gasteiger partial charge in [-0.1, -0.05) is 12.1 Å². The van der Waals surface area contributed by atoms with Gasteiger partial charge >= 0.3 is 0 Å². The summed E-state index contributed by atoms with van der Waals surface area (Å²) in [5.74, 6) is 0.321. The first-order valence-corrected chi connectivity index (χ1v) is 8.37. The van der Waals surface area contributed by atoms with Crippen LogP contribution in [0.25, 0.3) is 22.3 Å². The number of benzene rings is 2. The summed E-state index contributed by atoms with van der Waals surface area (Å²) in [5.41, 5.74) is 1.35. The van der Waals surface area contributed by atoms with Crippen LogP contribution in [0.15, 0.2) is 60.9 Å². The summed E-state index contributed by atoms with van der Waals surface area (Å²) in [6, 6.07) is 13.0. The maximum Gasteiger partial charge on any atom is 0.230 e. The average molecular weight is 375 g/mol. The third kappa shape index (κ3) is 3.25. The number of hydrogen-bond donors (Lipinski definition) is 0. The van der Waals surface area contributed by atoms with Crippen molar-refractivity contribution in [2.45, 2.75) is 0 Å². The van der Waals surface area contributed by atoms with Gasteiger partial charge in [0.25, 0.3) is 0 Å². The Morgan fingerprint density at radius 1 is 1.04 bits per heavy atom. The molecule has 0 amide bonds. The van der Waals surface area contributed by atoms with E-state index in [1.54, 1.807) is 48.8 Å². The maximum absolute atomic E-state index is 14.2. The van der Waals surface area contributed by atoms with E-state index in [0.29, 0.717) is 39.9 Å². The van der Waals surface area contributed by atoms with E-state index in [1.165, 1.54) is 19.2 Å². The molecule has 2 aromatic heterocycles. The Bertz CT molecular complexity index is 1170. The molecule has 7 heteroatoms. The molecule has 0 aliphatic rings. The number of rotatable bonds is 5. The zero-order valence-corrected chi connectivity index (χ0v) is 14.8. The lowest BCUT2D eigenvalue weighted by Gasteiger charge is -2.12. The number of fused-ring (bicyclic) bond motifs is 1. The van der Waals surface area contributed by atoms with E-state index >= 15 is 0 Å². The zero-order chi connectivity index (χ0) is 19.5. The molecule has 0 spiro atoms. The summed E-state index contributed by atoms with van der Waals surface area (Å²) in [7, 11) is 1.37. The number of carbonyl (C=O) groups is 1. The van der Waals surface area contributed by atoms with Crippen molar-refractivity contribution in [1.82, 2.24) is 15.0 Å². The van der Waals surface area contributed by atoms with Crippen LogP contribution in [0.4, 0.5) is 4.39 Å². The molecule has 0 atom stereocenters. The second-order valence-corrected chi connectivity index (χ2v) is 5.86. The van der Waals surface area contributed by atoms with E-state index in [0.717, 1.165) is 0 Å². The Kier molecular flexibility index (Phi) is 4.63. The number of methoxy groups -OCH3 is 1. The number of halogens is 1. The number of ether oxygens (including phenoxy) is 2. The molecule has 0 aliphatic carbocycles. The summed E-state index contributed by atoms with van der Waals surface area (Å²) >= 11 is 0. The van der Waals surface area contributed by atoms with E-state index in [4.69, 9.17) is 9.47 Å². The Labute approximate surface area is 159 Å². The fraction of sp³-hybridized carbons (Fsp3) is 0.0476. The van der Waals surface area contributed by atoms with Gasteiger partial charge < -0.3 is 9.47 Å². The highest BCUT2D eigenvalue weighted by Crippen LogP contribution is 2.34. The Balaban J connectivity index is 1.94. The van der Waals surface area contributed by atoms with E-state index in [-0.39, 0.29) is 11.6 Å². The summed E-state index contributed by atoms with van der Waals surface area (Å²) in [6.45, 7) is 0. The SMILES string of the molecule is COc1cc2c(Oc3ccccc3C=O)nc(-c3cccnc3)nc2cc1F. The van der Waals surface area contributed by atoms with Gasteiger partial charge in [-0.25, -0.2) is 9.37 Å². The fourth-order valence-electron chi connectivity index (χ4n) is 2.74. The molecule has 2 aromatic carbocycles. The Morgan fingerprint density at radius 3 is 2.64 bits per heavy atom. The summed E-state index contributed by atoms with van der Waals surface area (Å²) in [5, 5.41) is 0.451. The summed E-state index contributed by atoms with van der Waals surface area (Å²) < 4.78 is 25.2. The third-order valence-electron chi connectivity index (χ3n) is 4.11. The molecule has 6 nitrogen and oxygen atoms in total. The predicted octanol–water partition coefficient (Wildman–Crippen LogP) is 4.44. The van der Waals surface area contributed by atoms with Crippen LogP contribution in [-0.2, 0) is 0 Å². The van der Waals surface area contributed by atoms with Crippen LogP contribution < -0.4 is 9.47 Å². The highest BCUT2D eigenvalue weighted by molar-refractivity contribution is 5.87. The third-order valence-corrected chi connectivity index (χ3v) is 4.11. The smallest absolute Gasteiger partial charge is 0.230 e. The van der Waals surface area contributed by atoms with Crippen molar-refractivity contribution in [2.75, 3.05) is 7.11 Å². The van der Waals surface area contributed by atoms with Crippen molar-refractivity contribution in [1.29, 1.82) is 0 Å². The molecule has 138 valence electrons. The quantitative estimate of drug-likeness (QED) is 0.480. The Hall–Kier alpha value is -3.87. The van der Waals surface area contributed by atoms with Crippen LogP contribution in [0.5, 0.6) is 17.4 Å². The van der Waals surface area contributed by atoms with Gasteiger partial charge in [0.2, 0.25) is 5.88 Å². The van der Waals surface area contributed by atoms with Gasteiger partial charge in [-0.05, 0) is 30.3 Å². The van der Waals surface area contributed by atoms with Gasteiger partial charge in [0.1, 0.15) is 5.75 Å². The second-order valence-electron chi connectivity index (χ2n) is 5.86. The summed E-state index contributed by atoms with van der Waals surface area (Å²) in [4.78, 5) is 24.3. The van der Waals surface area contributed by atoms with Crippen molar-refractivity contribution >= 4 is 17.2 Å². The number of nitrogens with zero attached hydrogens (tertiary/aromatic N) is 3. The van der Waals surface area contributed by atoms with Crippen molar-refractivity contribution < 1.29 is 18.7 Å². The molecule has 0 saturated carbocycles. The van der Waals surface area contributed by atoms with Gasteiger partial charge in [0, 0.05) is 24.0 Å². The molecule has 28 heavy (non-hydrogen) atoms. The molecule has 0 radical (unpaired) electrons. The fourth-order valence-corrected chi connectivity index (χ4v) is 2.74. The highest BCUT2D eigenvalue weighted by Gasteiger charge is 2.16. The lowest BCUT2D eigenvalue weighted by molar-refractivity contribution is 0.112. The van der Waals surface area contributed by atoms with Gasteiger partial charge in [-0.3, -0.25) is 9.78 Å². The number of aldehydes is 1. The standard InChI is InChI=1S/C21H14FN3O3/c1-27-19-9-15-17(10-16(19)22)24-20(13-6-4-8-23-11-13)25-21(15)28-18-7-3-2-5-14(18)12-26/h2-12H,1H3. The topological polar surface area (TPSA) is 74.2 Å². The molecule has 4 rings (SSSR count). The first-order valence-electron chi connectivity index (χ1n) is 8.37. The van der Waals surface area contributed by atoms with Crippen molar-refractivity contribution in [3.63, 3.8) is 0 Å². The minimum Gasteiger partial charge on any atom is -0.494 e. The van der Waals surface area contributed by atoms with Crippen LogP contribution >= 0.6 is 0 Å². The molecule has 0 aliphatic heterocycles. The van der Waals surface area contributed by atoms with E-state index in [9.17, 15) is 9.18 Å². The molecule has 2 heterocycles. The van der Waals surface area contributed by atoms with Gasteiger partial charge in [0.05, 0.1) is 23.6 Å². The molecule has 0 saturated heterocycles. The number of aromatic nitrogens is 3. The van der Waals surface area contributed by atoms with E-state index < -0.39 is 5.82 Å². The molecule has 0 bridgehead atoms. The van der Waals surface area contributed by atoms with Crippen LogP contribution in [0.1, 0.15) is 10.4 Å². The number of carbonyl (C=O) groups excluding carboxylic acids is 1. The largest absolute Gasteiger partial charge is 0.494 e. The lowest BCUT2D eigenvalue weighted by atomic mass is 10.2. The number of para-hydroxylation sites is 1. The molecular formula is C21H14FN3O3. The van der Waals surface area contributed by atoms with E-state index in [1.807, 2.05) is 0 Å². The normalized spacial score (nSPS) is 10.6. The highest BCUT2D eigenvalue weighted by atomic mass is 19.1. The Morgan fingerprint density at radius 2 is 1.89 bits per heavy atom. The zero-order valence-electron chi connectivity index (χ0n) is 14.8. The van der Waals surface area contributed by atoms with Crippen molar-refractivity contribution in [3.8, 4) is 28.8 Å². The monoisotopic (exact) mass is 375 g/mol. The number of pyridine rings is 1. The van der Waals surface area contributed by atoms with E-state index in [2.05, 4.69) is 15.0 Å². The minimum absolute atomic E-state index is 0.0405. The van der Waals surface area contributed by atoms with Crippen LogP contribution in [0, 0.1) is 5.82 Å². The second kappa shape index (κ2) is 7.40. The van der Waals surface area contributed by atoms with Crippen LogP contribution in [0.3, 0.4) is 0 Å². The first-order chi connectivity index (χ1) is 13.7. The van der Waals surface area contributed by atoms with Gasteiger partial charge in [-0.15, -0.1) is 0 Å². The van der Waals surface area contributed by atoms with Crippen molar-refractivity contribution in [3.05, 3.63) is 72.3 Å².